The lowest BCUT2D eigenvalue weighted by Crippen LogP contribution is -2.18. The Balaban J connectivity index is 1.89. The molecule has 0 amide bonds. The van der Waals surface area contributed by atoms with Gasteiger partial charge in [0.15, 0.2) is 5.65 Å². The van der Waals surface area contributed by atoms with Gasteiger partial charge in [-0.3, -0.25) is 0 Å². The highest BCUT2D eigenvalue weighted by Crippen LogP contribution is 2.25. The number of hydrogen-bond donors (Lipinski definition) is 1. The second kappa shape index (κ2) is 5.24. The van der Waals surface area contributed by atoms with Crippen molar-refractivity contribution in [1.29, 1.82) is 0 Å². The molecule has 0 fully saturated rings. The molecule has 6 heteroatoms. The Morgan fingerprint density at radius 3 is 2.60 bits per heavy atom. The Bertz CT molecular complexity index is 691. The summed E-state index contributed by atoms with van der Waals surface area (Å²) in [5, 5.41) is 19.0. The fourth-order valence-electron chi connectivity index (χ4n) is 2.18. The first-order valence-electron chi connectivity index (χ1n) is 6.61. The molecule has 0 saturated heterocycles. The Morgan fingerprint density at radius 1 is 1.05 bits per heavy atom. The zero-order valence-corrected chi connectivity index (χ0v) is 11.4. The van der Waals surface area contributed by atoms with Crippen LogP contribution >= 0.6 is 0 Å². The lowest BCUT2D eigenvalue weighted by molar-refractivity contribution is 0.542. The van der Waals surface area contributed by atoms with E-state index in [0.717, 1.165) is 5.82 Å². The van der Waals surface area contributed by atoms with E-state index in [2.05, 4.69) is 51.9 Å². The Kier molecular flexibility index (Phi) is 3.28. The number of nitrogens with one attached hydrogen (secondary N) is 1. The summed E-state index contributed by atoms with van der Waals surface area (Å²) in [5.41, 5.74) is 1.87. The molecule has 0 bridgehead atoms. The van der Waals surface area contributed by atoms with Crippen molar-refractivity contribution in [2.24, 2.45) is 5.92 Å². The minimum absolute atomic E-state index is 0.192. The summed E-state index contributed by atoms with van der Waals surface area (Å²) in [5.74, 6) is 1.19. The van der Waals surface area contributed by atoms with Gasteiger partial charge in [0.05, 0.1) is 6.04 Å². The number of fused-ring (bicyclic) bond motifs is 1. The minimum Gasteiger partial charge on any atom is -0.362 e. The number of anilines is 1. The number of tetrazole rings is 1. The van der Waals surface area contributed by atoms with Crippen molar-refractivity contribution in [2.75, 3.05) is 5.32 Å². The highest BCUT2D eigenvalue weighted by molar-refractivity contribution is 5.44. The predicted molar refractivity (Wildman–Crippen MR) is 76.2 cm³/mol. The maximum absolute atomic E-state index is 4.35. The van der Waals surface area contributed by atoms with Crippen LogP contribution in [-0.2, 0) is 0 Å². The van der Waals surface area contributed by atoms with Crippen molar-refractivity contribution < 1.29 is 0 Å². The molecule has 0 aliphatic heterocycles. The van der Waals surface area contributed by atoms with E-state index in [9.17, 15) is 0 Å². The SMILES string of the molecule is CC(C)[C@@H](Nc1ccc2nnnn2n1)c1ccccc1. The van der Waals surface area contributed by atoms with E-state index >= 15 is 0 Å². The van der Waals surface area contributed by atoms with Gasteiger partial charge >= 0.3 is 0 Å². The minimum atomic E-state index is 0.192. The number of rotatable bonds is 4. The molecule has 2 heterocycles. The van der Waals surface area contributed by atoms with Gasteiger partial charge < -0.3 is 5.32 Å². The molecule has 20 heavy (non-hydrogen) atoms. The monoisotopic (exact) mass is 268 g/mol. The molecule has 0 aliphatic carbocycles. The zero-order chi connectivity index (χ0) is 13.9. The van der Waals surface area contributed by atoms with Crippen molar-refractivity contribution in [3.8, 4) is 0 Å². The molecule has 1 aromatic carbocycles. The normalized spacial score (nSPS) is 12.8. The molecular formula is C14H16N6. The van der Waals surface area contributed by atoms with Crippen LogP contribution in [0.15, 0.2) is 42.5 Å². The highest BCUT2D eigenvalue weighted by atomic mass is 15.6. The van der Waals surface area contributed by atoms with Crippen LogP contribution in [0.3, 0.4) is 0 Å². The standard InChI is InChI=1S/C14H16N6/c1-10(2)14(11-6-4-3-5-7-11)15-12-8-9-13-16-18-19-20(13)17-12/h3-10,14H,1-2H3,(H,15,17)/t14-/m1/s1. The van der Waals surface area contributed by atoms with Crippen LogP contribution in [0.1, 0.15) is 25.5 Å². The average Bonchev–Trinajstić information content (AvgIpc) is 2.93. The molecule has 3 aromatic rings. The molecule has 102 valence electrons. The van der Waals surface area contributed by atoms with Gasteiger partial charge in [-0.05, 0) is 34.0 Å². The van der Waals surface area contributed by atoms with E-state index in [1.165, 1.54) is 10.2 Å². The lowest BCUT2D eigenvalue weighted by Gasteiger charge is -2.23. The fourth-order valence-corrected chi connectivity index (χ4v) is 2.18. The summed E-state index contributed by atoms with van der Waals surface area (Å²) in [6.07, 6.45) is 0. The molecule has 0 saturated carbocycles. The summed E-state index contributed by atoms with van der Waals surface area (Å²) >= 11 is 0. The molecule has 0 radical (unpaired) electrons. The number of hydrogen-bond acceptors (Lipinski definition) is 5. The number of benzene rings is 1. The summed E-state index contributed by atoms with van der Waals surface area (Å²) in [7, 11) is 0. The molecule has 3 rings (SSSR count). The Morgan fingerprint density at radius 2 is 1.85 bits per heavy atom. The van der Waals surface area contributed by atoms with Crippen LogP contribution in [0.4, 0.5) is 5.82 Å². The van der Waals surface area contributed by atoms with Crippen molar-refractivity contribution in [2.45, 2.75) is 19.9 Å². The van der Waals surface area contributed by atoms with Crippen molar-refractivity contribution in [3.63, 3.8) is 0 Å². The highest BCUT2D eigenvalue weighted by Gasteiger charge is 2.16. The third-order valence-electron chi connectivity index (χ3n) is 3.20. The van der Waals surface area contributed by atoms with E-state index in [1.54, 1.807) is 0 Å². The van der Waals surface area contributed by atoms with Crippen LogP contribution in [0.25, 0.3) is 5.65 Å². The maximum atomic E-state index is 4.35. The van der Waals surface area contributed by atoms with Crippen molar-refractivity contribution in [1.82, 2.24) is 25.3 Å². The van der Waals surface area contributed by atoms with Gasteiger partial charge in [-0.1, -0.05) is 44.2 Å². The van der Waals surface area contributed by atoms with Gasteiger partial charge in [0, 0.05) is 0 Å². The topological polar surface area (TPSA) is 68.0 Å². The molecule has 6 nitrogen and oxygen atoms in total. The largest absolute Gasteiger partial charge is 0.362 e. The molecule has 1 atom stereocenters. The van der Waals surface area contributed by atoms with Crippen molar-refractivity contribution >= 4 is 11.5 Å². The van der Waals surface area contributed by atoms with Crippen LogP contribution in [0.2, 0.25) is 0 Å². The van der Waals surface area contributed by atoms with E-state index in [4.69, 9.17) is 0 Å². The molecular weight excluding hydrogens is 252 g/mol. The van der Waals surface area contributed by atoms with E-state index in [1.807, 2.05) is 30.3 Å². The smallest absolute Gasteiger partial charge is 0.200 e. The third kappa shape index (κ3) is 2.45. The third-order valence-corrected chi connectivity index (χ3v) is 3.20. The first kappa shape index (κ1) is 12.5. The van der Waals surface area contributed by atoms with Crippen LogP contribution < -0.4 is 5.32 Å². The van der Waals surface area contributed by atoms with Gasteiger partial charge in [0.25, 0.3) is 0 Å². The maximum Gasteiger partial charge on any atom is 0.200 e. The lowest BCUT2D eigenvalue weighted by atomic mass is 9.96. The van der Waals surface area contributed by atoms with Gasteiger partial charge in [-0.15, -0.1) is 14.8 Å². The Hall–Kier alpha value is -2.50. The molecule has 1 N–H and O–H groups in total. The molecule has 2 aromatic heterocycles. The van der Waals surface area contributed by atoms with E-state index in [-0.39, 0.29) is 6.04 Å². The average molecular weight is 268 g/mol. The molecule has 0 unspecified atom stereocenters. The summed E-state index contributed by atoms with van der Waals surface area (Å²) in [6, 6.07) is 14.3. The summed E-state index contributed by atoms with van der Waals surface area (Å²) in [4.78, 5) is 0. The fraction of sp³-hybridized carbons (Fsp3) is 0.286. The van der Waals surface area contributed by atoms with Crippen LogP contribution in [0, 0.1) is 5.92 Å². The predicted octanol–water partition coefficient (Wildman–Crippen LogP) is 2.33. The first-order chi connectivity index (χ1) is 9.74. The van der Waals surface area contributed by atoms with Crippen molar-refractivity contribution in [3.05, 3.63) is 48.0 Å². The zero-order valence-electron chi connectivity index (χ0n) is 11.4. The molecule has 0 spiro atoms. The molecule has 0 aliphatic rings. The number of nitrogens with zero attached hydrogens (tertiary/aromatic N) is 5. The number of aromatic nitrogens is 5. The van der Waals surface area contributed by atoms with Crippen LogP contribution in [-0.4, -0.2) is 25.3 Å². The van der Waals surface area contributed by atoms with Gasteiger partial charge in [-0.2, -0.15) is 0 Å². The summed E-state index contributed by atoms with van der Waals surface area (Å²) in [6.45, 7) is 4.36. The Labute approximate surface area is 116 Å². The summed E-state index contributed by atoms with van der Waals surface area (Å²) < 4.78 is 1.42. The first-order valence-corrected chi connectivity index (χ1v) is 6.61. The van der Waals surface area contributed by atoms with E-state index < -0.39 is 0 Å². The van der Waals surface area contributed by atoms with E-state index in [0.29, 0.717) is 11.6 Å². The van der Waals surface area contributed by atoms with Gasteiger partial charge in [0.1, 0.15) is 5.82 Å². The second-order valence-corrected chi connectivity index (χ2v) is 5.02. The second-order valence-electron chi connectivity index (χ2n) is 5.02. The van der Waals surface area contributed by atoms with Crippen LogP contribution in [0.5, 0.6) is 0 Å². The van der Waals surface area contributed by atoms with Gasteiger partial charge in [-0.25, -0.2) is 0 Å². The van der Waals surface area contributed by atoms with Gasteiger partial charge in [0.2, 0.25) is 0 Å². The quantitative estimate of drug-likeness (QED) is 0.786.